The summed E-state index contributed by atoms with van der Waals surface area (Å²) in [4.78, 5) is 4.65. The number of furan rings is 2. The first-order valence-corrected chi connectivity index (χ1v) is 25.8. The molecule has 0 aliphatic heterocycles. The second kappa shape index (κ2) is 16.6. The first-order chi connectivity index (χ1) is 37.7. The van der Waals surface area contributed by atoms with E-state index in [1.165, 1.54) is 32.6 Å². The average molecular weight is 973 g/mol. The molecule has 0 N–H and O–H groups in total. The summed E-state index contributed by atoms with van der Waals surface area (Å²) in [7, 11) is 0. The lowest BCUT2D eigenvalue weighted by atomic mass is 10.0. The third kappa shape index (κ3) is 6.41. The van der Waals surface area contributed by atoms with Gasteiger partial charge in [-0.2, -0.15) is 0 Å². The maximum atomic E-state index is 6.98. The molecule has 76 heavy (non-hydrogen) atoms. The molecule has 0 saturated carbocycles. The van der Waals surface area contributed by atoms with Gasteiger partial charge in [-0.25, -0.2) is 0 Å². The van der Waals surface area contributed by atoms with Gasteiger partial charge in [0.2, 0.25) is 0 Å². The molecule has 0 radical (unpaired) electrons. The molecule has 0 atom stereocenters. The van der Waals surface area contributed by atoms with E-state index in [4.69, 9.17) is 8.83 Å². The minimum absolute atomic E-state index is 0.820. The van der Waals surface area contributed by atoms with Gasteiger partial charge in [-0.1, -0.05) is 109 Å². The first kappa shape index (κ1) is 42.2. The molecule has 0 aliphatic carbocycles. The number of fused-ring (bicyclic) bond motifs is 15. The number of rotatable bonds is 8. The van der Waals surface area contributed by atoms with E-state index in [9.17, 15) is 0 Å². The Morgan fingerprint density at radius 2 is 0.539 bits per heavy atom. The van der Waals surface area contributed by atoms with E-state index < -0.39 is 0 Å². The third-order valence-corrected chi connectivity index (χ3v) is 15.4. The highest BCUT2D eigenvalue weighted by Crippen LogP contribution is 2.46. The maximum absolute atomic E-state index is 6.98. The van der Waals surface area contributed by atoms with E-state index in [1.54, 1.807) is 0 Å². The molecule has 4 heterocycles. The van der Waals surface area contributed by atoms with Gasteiger partial charge < -0.3 is 27.8 Å². The van der Waals surface area contributed by atoms with Crippen LogP contribution in [-0.2, 0) is 0 Å². The Balaban J connectivity index is 0.807. The molecule has 0 spiro atoms. The van der Waals surface area contributed by atoms with Gasteiger partial charge in [0.05, 0.1) is 22.1 Å². The summed E-state index contributed by atoms with van der Waals surface area (Å²) in [6.45, 7) is 0. The molecular formula is C70H44N4O2. The van der Waals surface area contributed by atoms with E-state index in [2.05, 4.69) is 286 Å². The summed E-state index contributed by atoms with van der Waals surface area (Å²) < 4.78 is 18.7. The molecule has 6 nitrogen and oxygen atoms in total. The van der Waals surface area contributed by atoms with Crippen molar-refractivity contribution < 1.29 is 8.83 Å². The van der Waals surface area contributed by atoms with E-state index in [0.29, 0.717) is 0 Å². The Kier molecular flexibility index (Phi) is 9.23. The van der Waals surface area contributed by atoms with E-state index in [1.807, 2.05) is 0 Å². The van der Waals surface area contributed by atoms with Crippen molar-refractivity contribution >= 4 is 132 Å². The fourth-order valence-corrected chi connectivity index (χ4v) is 12.1. The average Bonchev–Trinajstić information content (AvgIpc) is 4.28. The van der Waals surface area contributed by atoms with E-state index in [-0.39, 0.29) is 0 Å². The molecule has 356 valence electrons. The van der Waals surface area contributed by atoms with Gasteiger partial charge in [-0.05, 0) is 146 Å². The first-order valence-electron chi connectivity index (χ1n) is 25.8. The highest BCUT2D eigenvalue weighted by atomic mass is 16.3. The number of benzene rings is 12. The molecular weight excluding hydrogens is 929 g/mol. The topological polar surface area (TPSA) is 42.6 Å². The summed E-state index contributed by atoms with van der Waals surface area (Å²) in [5.74, 6) is 0. The number of nitrogens with zero attached hydrogens (tertiary/aromatic N) is 4. The molecule has 0 bridgehead atoms. The van der Waals surface area contributed by atoms with Crippen LogP contribution in [0.25, 0.3) is 110 Å². The van der Waals surface area contributed by atoms with E-state index in [0.717, 1.165) is 111 Å². The van der Waals surface area contributed by atoms with Crippen LogP contribution in [0.1, 0.15) is 0 Å². The number of hydrogen-bond acceptors (Lipinski definition) is 4. The minimum atomic E-state index is 0.820. The Bertz CT molecular complexity index is 4620. The zero-order valence-corrected chi connectivity index (χ0v) is 41.0. The van der Waals surface area contributed by atoms with Crippen molar-refractivity contribution in [3.05, 3.63) is 267 Å². The molecule has 6 heteroatoms. The largest absolute Gasteiger partial charge is 0.455 e. The van der Waals surface area contributed by atoms with Gasteiger partial charge in [-0.15, -0.1) is 0 Å². The normalized spacial score (nSPS) is 11.9. The van der Waals surface area contributed by atoms with Crippen molar-refractivity contribution in [2.45, 2.75) is 0 Å². The summed E-state index contributed by atoms with van der Waals surface area (Å²) >= 11 is 0. The Hall–Kier alpha value is -10.3. The summed E-state index contributed by atoms with van der Waals surface area (Å²) in [6, 6.07) is 95.4. The lowest BCUT2D eigenvalue weighted by molar-refractivity contribution is 0.669. The standard InChI is InChI=1S/C70H44N4O2/c1-5-17-45(18-6-1)71(49-31-39-65-61(41-49)53-25-13-15-27-63(53)73(65)47-21-9-3-10-22-47)51-29-33-55-57-35-37-60-59(69(57)75-67(55)43-51)38-36-58-56-34-30-52(44-68(56)76-70(58)60)72(46-19-7-2-8-20-46)50-32-40-66-62(42-50)54-26-14-16-28-64(54)74(66)48-23-11-4-12-24-48/h1-44H. The second-order valence-corrected chi connectivity index (χ2v) is 19.7. The van der Waals surface area contributed by atoms with Gasteiger partial charge in [0.15, 0.2) is 0 Å². The van der Waals surface area contributed by atoms with Crippen LogP contribution in [0.3, 0.4) is 0 Å². The number of anilines is 6. The maximum Gasteiger partial charge on any atom is 0.143 e. The lowest BCUT2D eigenvalue weighted by Gasteiger charge is -2.25. The van der Waals surface area contributed by atoms with Gasteiger partial charge in [-0.3, -0.25) is 0 Å². The molecule has 16 rings (SSSR count). The van der Waals surface area contributed by atoms with E-state index >= 15 is 0 Å². The SMILES string of the molecule is c1ccc(N(c2ccc3c(c2)oc2c3ccc3c2ccc2c4ccc(N(c5ccccc5)c5ccc6c(c5)c5ccccc5n6-c5ccccc5)cc4oc23)c2ccc3c(c2)c2ccccc2n3-c2ccccc2)cc1. The fourth-order valence-electron chi connectivity index (χ4n) is 12.1. The minimum Gasteiger partial charge on any atom is -0.455 e. The number of aromatic nitrogens is 2. The van der Waals surface area contributed by atoms with Crippen LogP contribution in [0.4, 0.5) is 34.1 Å². The van der Waals surface area contributed by atoms with Crippen molar-refractivity contribution in [2.75, 3.05) is 9.80 Å². The Morgan fingerprint density at radius 3 is 0.961 bits per heavy atom. The number of para-hydroxylation sites is 6. The van der Waals surface area contributed by atoms with Crippen LogP contribution in [0.15, 0.2) is 276 Å². The second-order valence-electron chi connectivity index (χ2n) is 19.7. The lowest BCUT2D eigenvalue weighted by Crippen LogP contribution is -2.09. The third-order valence-electron chi connectivity index (χ3n) is 15.4. The van der Waals surface area contributed by atoms with Crippen LogP contribution in [-0.4, -0.2) is 9.13 Å². The van der Waals surface area contributed by atoms with Crippen molar-refractivity contribution in [1.29, 1.82) is 0 Å². The molecule has 12 aromatic carbocycles. The summed E-state index contributed by atoms with van der Waals surface area (Å²) in [5.41, 5.74) is 16.5. The van der Waals surface area contributed by atoms with Crippen molar-refractivity contribution in [3.63, 3.8) is 0 Å². The van der Waals surface area contributed by atoms with Gasteiger partial charge in [0.25, 0.3) is 0 Å². The zero-order valence-electron chi connectivity index (χ0n) is 41.0. The Labute approximate surface area is 436 Å². The van der Waals surface area contributed by atoms with Crippen molar-refractivity contribution in [1.82, 2.24) is 9.13 Å². The van der Waals surface area contributed by atoms with Gasteiger partial charge in [0, 0.05) is 111 Å². The molecule has 0 unspecified atom stereocenters. The van der Waals surface area contributed by atoms with Crippen molar-refractivity contribution in [2.24, 2.45) is 0 Å². The fraction of sp³-hybridized carbons (Fsp3) is 0. The molecule has 16 aromatic rings. The van der Waals surface area contributed by atoms with Crippen LogP contribution >= 0.6 is 0 Å². The predicted molar refractivity (Wildman–Crippen MR) is 317 cm³/mol. The zero-order chi connectivity index (χ0) is 49.8. The highest BCUT2D eigenvalue weighted by molar-refractivity contribution is 6.23. The van der Waals surface area contributed by atoms with Gasteiger partial charge >= 0.3 is 0 Å². The smallest absolute Gasteiger partial charge is 0.143 e. The van der Waals surface area contributed by atoms with Crippen LogP contribution < -0.4 is 9.80 Å². The molecule has 0 fully saturated rings. The quantitative estimate of drug-likeness (QED) is 0.152. The molecule has 0 aliphatic rings. The van der Waals surface area contributed by atoms with Crippen LogP contribution in [0, 0.1) is 0 Å². The molecule has 0 amide bonds. The van der Waals surface area contributed by atoms with Gasteiger partial charge in [0.1, 0.15) is 22.3 Å². The van der Waals surface area contributed by atoms with Crippen LogP contribution in [0.2, 0.25) is 0 Å². The molecule has 0 saturated heterocycles. The summed E-state index contributed by atoms with van der Waals surface area (Å²) in [6.07, 6.45) is 0. The Morgan fingerprint density at radius 1 is 0.224 bits per heavy atom. The van der Waals surface area contributed by atoms with Crippen LogP contribution in [0.5, 0.6) is 0 Å². The highest BCUT2D eigenvalue weighted by Gasteiger charge is 2.23. The predicted octanol–water partition coefficient (Wildman–Crippen LogP) is 19.8. The summed E-state index contributed by atoms with van der Waals surface area (Å²) in [5, 5.41) is 11.1. The van der Waals surface area contributed by atoms with Crippen molar-refractivity contribution in [3.8, 4) is 11.4 Å². The molecule has 4 aromatic heterocycles. The number of hydrogen-bond donors (Lipinski definition) is 0. The monoisotopic (exact) mass is 972 g/mol.